The first-order chi connectivity index (χ1) is 12.0. The number of nitrogens with zero attached hydrogens (tertiary/aromatic N) is 2. The first-order valence-corrected chi connectivity index (χ1v) is 9.07. The molecule has 1 aromatic carbocycles. The summed E-state index contributed by atoms with van der Waals surface area (Å²) in [7, 11) is 1.46. The third-order valence-corrected chi connectivity index (χ3v) is 5.29. The van der Waals surface area contributed by atoms with Gasteiger partial charge in [0.05, 0.1) is 29.5 Å². The lowest BCUT2D eigenvalue weighted by atomic mass is 9.93. The Hall–Kier alpha value is -2.26. The molecule has 0 spiro atoms. The van der Waals surface area contributed by atoms with E-state index >= 15 is 0 Å². The molecule has 0 bridgehead atoms. The molecule has 1 aliphatic rings. The van der Waals surface area contributed by atoms with Crippen LogP contribution in [0.3, 0.4) is 0 Å². The Balaban J connectivity index is 1.70. The van der Waals surface area contributed by atoms with Crippen LogP contribution in [0.15, 0.2) is 18.2 Å². The van der Waals surface area contributed by atoms with Gasteiger partial charge in [-0.1, -0.05) is 6.92 Å². The van der Waals surface area contributed by atoms with Gasteiger partial charge in [-0.05, 0) is 43.5 Å². The third-order valence-electron chi connectivity index (χ3n) is 4.05. The van der Waals surface area contributed by atoms with E-state index in [1.807, 2.05) is 0 Å². The summed E-state index contributed by atoms with van der Waals surface area (Å²) in [6.07, 6.45) is 3.23. The van der Waals surface area contributed by atoms with Gasteiger partial charge >= 0.3 is 0 Å². The summed E-state index contributed by atoms with van der Waals surface area (Å²) in [5.41, 5.74) is 1.67. The molecule has 3 rings (SSSR count). The van der Waals surface area contributed by atoms with Crippen molar-refractivity contribution in [3.63, 3.8) is 0 Å². The van der Waals surface area contributed by atoms with Crippen LogP contribution in [0, 0.1) is 16.0 Å². The first-order valence-electron chi connectivity index (χ1n) is 7.85. The summed E-state index contributed by atoms with van der Waals surface area (Å²) < 4.78 is 5.20. The predicted octanol–water partition coefficient (Wildman–Crippen LogP) is 3.99. The number of hydrogen-bond acceptors (Lipinski definition) is 6. The van der Waals surface area contributed by atoms with Crippen molar-refractivity contribution in [2.24, 2.45) is 5.92 Å². The van der Waals surface area contributed by atoms with Gasteiger partial charge in [0.25, 0.3) is 5.69 Å². The molecule has 2 N–H and O–H groups in total. The number of benzene rings is 1. The summed E-state index contributed by atoms with van der Waals surface area (Å²) in [4.78, 5) is 16.3. The Morgan fingerprint density at radius 2 is 2.28 bits per heavy atom. The number of anilines is 2. The van der Waals surface area contributed by atoms with Gasteiger partial charge in [0.2, 0.25) is 0 Å². The van der Waals surface area contributed by atoms with Crippen molar-refractivity contribution in [3.8, 4) is 5.75 Å². The van der Waals surface area contributed by atoms with Gasteiger partial charge in [0.15, 0.2) is 10.2 Å². The van der Waals surface area contributed by atoms with E-state index in [9.17, 15) is 10.1 Å². The van der Waals surface area contributed by atoms with Crippen LogP contribution < -0.4 is 15.4 Å². The molecule has 0 fully saturated rings. The predicted molar refractivity (Wildman–Crippen MR) is 103 cm³/mol. The molecular formula is C16H18N4O3S2. The number of nitro groups is 1. The summed E-state index contributed by atoms with van der Waals surface area (Å²) >= 11 is 6.95. The van der Waals surface area contributed by atoms with Gasteiger partial charge in [-0.2, -0.15) is 0 Å². The summed E-state index contributed by atoms with van der Waals surface area (Å²) in [5, 5.41) is 18.1. The second kappa shape index (κ2) is 7.32. The smallest absolute Gasteiger partial charge is 0.273 e. The monoisotopic (exact) mass is 378 g/mol. The maximum absolute atomic E-state index is 10.8. The molecule has 0 aliphatic heterocycles. The molecule has 1 aliphatic carbocycles. The van der Waals surface area contributed by atoms with Crippen LogP contribution >= 0.6 is 23.6 Å². The Morgan fingerprint density at radius 1 is 1.48 bits per heavy atom. The van der Waals surface area contributed by atoms with E-state index in [4.69, 9.17) is 17.0 Å². The van der Waals surface area contributed by atoms with Crippen molar-refractivity contribution >= 4 is 45.2 Å². The Morgan fingerprint density at radius 3 is 3.00 bits per heavy atom. The van der Waals surface area contributed by atoms with E-state index in [0.717, 1.165) is 23.7 Å². The molecule has 2 aromatic rings. The minimum atomic E-state index is -0.468. The van der Waals surface area contributed by atoms with Crippen molar-refractivity contribution < 1.29 is 9.66 Å². The van der Waals surface area contributed by atoms with E-state index in [-0.39, 0.29) is 5.69 Å². The molecule has 9 heteroatoms. The topological polar surface area (TPSA) is 89.3 Å². The second-order valence-corrected chi connectivity index (χ2v) is 7.45. The lowest BCUT2D eigenvalue weighted by Gasteiger charge is -2.15. The van der Waals surface area contributed by atoms with E-state index in [1.165, 1.54) is 30.5 Å². The van der Waals surface area contributed by atoms with Crippen LogP contribution in [0.25, 0.3) is 0 Å². The van der Waals surface area contributed by atoms with E-state index in [0.29, 0.717) is 22.5 Å². The minimum absolute atomic E-state index is 0.0389. The molecule has 7 nitrogen and oxygen atoms in total. The molecule has 132 valence electrons. The number of hydrogen-bond donors (Lipinski definition) is 2. The van der Waals surface area contributed by atoms with Gasteiger partial charge < -0.3 is 15.4 Å². The third kappa shape index (κ3) is 4.05. The summed E-state index contributed by atoms with van der Waals surface area (Å²) in [6.45, 7) is 2.25. The average molecular weight is 378 g/mol. The number of ether oxygens (including phenoxy) is 1. The zero-order valence-corrected chi connectivity index (χ0v) is 15.5. The highest BCUT2D eigenvalue weighted by atomic mass is 32.1. The van der Waals surface area contributed by atoms with Crippen LogP contribution in [0.1, 0.15) is 23.9 Å². The molecule has 0 saturated carbocycles. The fourth-order valence-corrected chi connectivity index (χ4v) is 4.19. The van der Waals surface area contributed by atoms with Crippen LogP contribution in [0.4, 0.5) is 16.5 Å². The van der Waals surface area contributed by atoms with Crippen molar-refractivity contribution in [2.45, 2.75) is 26.2 Å². The highest BCUT2D eigenvalue weighted by molar-refractivity contribution is 7.80. The van der Waals surface area contributed by atoms with Gasteiger partial charge in [-0.15, -0.1) is 11.3 Å². The number of non-ortho nitro benzene ring substituents is 1. The Kier molecular flexibility index (Phi) is 5.14. The molecule has 0 amide bonds. The number of methoxy groups -OCH3 is 1. The van der Waals surface area contributed by atoms with E-state index in [1.54, 1.807) is 17.4 Å². The summed E-state index contributed by atoms with van der Waals surface area (Å²) in [5.74, 6) is 1.04. The minimum Gasteiger partial charge on any atom is -0.494 e. The molecule has 1 unspecified atom stereocenters. The normalized spacial score (nSPS) is 16.0. The van der Waals surface area contributed by atoms with Crippen molar-refractivity contribution in [2.75, 3.05) is 17.7 Å². The zero-order valence-electron chi connectivity index (χ0n) is 13.9. The van der Waals surface area contributed by atoms with Crippen molar-refractivity contribution in [1.82, 2.24) is 4.98 Å². The molecule has 1 heterocycles. The molecular weight excluding hydrogens is 360 g/mol. The molecule has 25 heavy (non-hydrogen) atoms. The van der Waals surface area contributed by atoms with Crippen molar-refractivity contribution in [3.05, 3.63) is 38.9 Å². The maximum atomic E-state index is 10.8. The fourth-order valence-electron chi connectivity index (χ4n) is 2.74. The zero-order chi connectivity index (χ0) is 18.0. The SMILES string of the molecule is COc1cc([N+](=O)[O-])ccc1NC(=S)Nc1nc2c(s1)CC(C)CC2. The van der Waals surface area contributed by atoms with Gasteiger partial charge in [0, 0.05) is 10.9 Å². The number of thiazole rings is 1. The molecule has 1 atom stereocenters. The first kappa shape index (κ1) is 17.6. The maximum Gasteiger partial charge on any atom is 0.273 e. The Bertz CT molecular complexity index is 822. The van der Waals surface area contributed by atoms with Gasteiger partial charge in [-0.25, -0.2) is 4.98 Å². The molecule has 1 aromatic heterocycles. The number of thiocarbonyl (C=S) groups is 1. The fraction of sp³-hybridized carbons (Fsp3) is 0.375. The van der Waals surface area contributed by atoms with E-state index < -0.39 is 4.92 Å². The largest absolute Gasteiger partial charge is 0.494 e. The number of aromatic nitrogens is 1. The number of nitro benzene ring substituents is 1. The van der Waals surface area contributed by atoms with Gasteiger partial charge in [0.1, 0.15) is 5.75 Å². The summed E-state index contributed by atoms with van der Waals surface area (Å²) in [6, 6.07) is 4.32. The highest BCUT2D eigenvalue weighted by Gasteiger charge is 2.20. The second-order valence-electron chi connectivity index (χ2n) is 5.96. The number of aryl methyl sites for hydroxylation is 1. The highest BCUT2D eigenvalue weighted by Crippen LogP contribution is 2.33. The molecule has 0 radical (unpaired) electrons. The van der Waals surface area contributed by atoms with Crippen LogP contribution in [0.2, 0.25) is 0 Å². The van der Waals surface area contributed by atoms with Gasteiger partial charge in [-0.3, -0.25) is 10.1 Å². The lowest BCUT2D eigenvalue weighted by molar-refractivity contribution is -0.384. The number of rotatable bonds is 4. The Labute approximate surface area is 154 Å². The van der Waals surface area contributed by atoms with Crippen molar-refractivity contribution in [1.29, 1.82) is 0 Å². The van der Waals surface area contributed by atoms with Crippen LogP contribution in [0.5, 0.6) is 5.75 Å². The van der Waals surface area contributed by atoms with E-state index in [2.05, 4.69) is 22.5 Å². The number of nitrogens with one attached hydrogen (secondary N) is 2. The van der Waals surface area contributed by atoms with Crippen LogP contribution in [-0.2, 0) is 12.8 Å². The standard InChI is InChI=1S/C16H18N4O3S2/c1-9-3-5-12-14(7-9)25-16(18-12)19-15(24)17-11-6-4-10(20(21)22)8-13(11)23-2/h4,6,8-9H,3,5,7H2,1-2H3,(H2,17,18,19,24). The molecule has 0 saturated heterocycles. The quantitative estimate of drug-likeness (QED) is 0.472. The number of fused-ring (bicyclic) bond motifs is 1. The lowest BCUT2D eigenvalue weighted by Crippen LogP contribution is -2.19. The average Bonchev–Trinajstić information content (AvgIpc) is 2.95. The van der Waals surface area contributed by atoms with Crippen LogP contribution in [-0.4, -0.2) is 22.1 Å².